The fourth-order valence-corrected chi connectivity index (χ4v) is 3.31. The Hall–Kier alpha value is -1.10. The molecule has 2 N–H and O–H groups in total. The molecule has 0 radical (unpaired) electrons. The van der Waals surface area contributed by atoms with Crippen molar-refractivity contribution in [1.82, 2.24) is 15.1 Å². The lowest BCUT2D eigenvalue weighted by Crippen LogP contribution is -2.32. The number of nitrogens with zero attached hydrogens (tertiary/aromatic N) is 3. The second kappa shape index (κ2) is 16.6. The van der Waals surface area contributed by atoms with Crippen LogP contribution in [0.25, 0.3) is 0 Å². The maximum absolute atomic E-state index is 5.78. The molecule has 1 heterocycles. The first-order valence-corrected chi connectivity index (χ1v) is 10.9. The van der Waals surface area contributed by atoms with Gasteiger partial charge in [-0.15, -0.1) is 24.0 Å². The molecule has 0 amide bonds. The van der Waals surface area contributed by atoms with E-state index in [0.29, 0.717) is 13.2 Å². The standard InChI is InChI=1S/C22H39N5O2.HI/c1-4-23-22(24-11-6-13-27-14-7-12-26(2)15-16-27)25-20-9-5-10-21(19-20)29-18-8-17-28-3;/h5,9-10,19H,4,6-8,11-18H2,1-3H3,(H2,23,24,25);1H. The average Bonchev–Trinajstić information content (AvgIpc) is 2.93. The molecule has 7 nitrogen and oxygen atoms in total. The van der Waals surface area contributed by atoms with Gasteiger partial charge in [0.2, 0.25) is 0 Å². The third-order valence-corrected chi connectivity index (χ3v) is 4.92. The van der Waals surface area contributed by atoms with Gasteiger partial charge in [0.25, 0.3) is 0 Å². The van der Waals surface area contributed by atoms with Crippen LogP contribution in [-0.4, -0.2) is 88.9 Å². The maximum atomic E-state index is 5.78. The van der Waals surface area contributed by atoms with Crippen LogP contribution in [-0.2, 0) is 4.74 Å². The van der Waals surface area contributed by atoms with E-state index in [9.17, 15) is 0 Å². The van der Waals surface area contributed by atoms with Crippen molar-refractivity contribution in [3.8, 4) is 5.75 Å². The van der Waals surface area contributed by atoms with Crippen molar-refractivity contribution in [1.29, 1.82) is 0 Å². The normalized spacial score (nSPS) is 15.9. The van der Waals surface area contributed by atoms with Crippen LogP contribution in [0.4, 0.5) is 5.69 Å². The first-order chi connectivity index (χ1) is 14.2. The van der Waals surface area contributed by atoms with Crippen molar-refractivity contribution >= 4 is 35.6 Å². The van der Waals surface area contributed by atoms with Crippen LogP contribution < -0.4 is 15.4 Å². The lowest BCUT2D eigenvalue weighted by Gasteiger charge is -2.19. The molecule has 0 aromatic heterocycles. The molecule has 1 saturated heterocycles. The van der Waals surface area contributed by atoms with E-state index in [2.05, 4.69) is 34.4 Å². The van der Waals surface area contributed by atoms with E-state index < -0.39 is 0 Å². The lowest BCUT2D eigenvalue weighted by atomic mass is 10.3. The molecule has 30 heavy (non-hydrogen) atoms. The number of ether oxygens (including phenoxy) is 2. The number of hydrogen-bond donors (Lipinski definition) is 2. The number of methoxy groups -OCH3 is 1. The summed E-state index contributed by atoms with van der Waals surface area (Å²) in [6.07, 6.45) is 3.21. The number of rotatable bonds is 11. The summed E-state index contributed by atoms with van der Waals surface area (Å²) in [6, 6.07) is 8.00. The van der Waals surface area contributed by atoms with Gasteiger partial charge in [-0.3, -0.25) is 4.99 Å². The van der Waals surface area contributed by atoms with E-state index in [1.165, 1.54) is 19.5 Å². The van der Waals surface area contributed by atoms with Gasteiger partial charge in [0.15, 0.2) is 5.96 Å². The molecule has 1 aliphatic heterocycles. The summed E-state index contributed by atoms with van der Waals surface area (Å²) in [5.74, 6) is 1.67. The maximum Gasteiger partial charge on any atom is 0.195 e. The Bertz CT molecular complexity index is 603. The van der Waals surface area contributed by atoms with Crippen molar-refractivity contribution in [3.05, 3.63) is 24.3 Å². The van der Waals surface area contributed by atoms with Gasteiger partial charge in [-0.2, -0.15) is 0 Å². The highest BCUT2D eigenvalue weighted by Crippen LogP contribution is 2.17. The zero-order chi connectivity index (χ0) is 20.7. The van der Waals surface area contributed by atoms with E-state index >= 15 is 0 Å². The molecule has 1 aliphatic rings. The van der Waals surface area contributed by atoms with E-state index in [1.54, 1.807) is 7.11 Å². The zero-order valence-corrected chi connectivity index (χ0v) is 21.2. The Morgan fingerprint density at radius 3 is 2.80 bits per heavy atom. The van der Waals surface area contributed by atoms with Gasteiger partial charge in [0, 0.05) is 58.1 Å². The number of nitrogens with one attached hydrogen (secondary N) is 2. The third kappa shape index (κ3) is 11.3. The molecule has 8 heteroatoms. The molecular weight excluding hydrogens is 493 g/mol. The van der Waals surface area contributed by atoms with E-state index in [1.807, 2.05) is 24.3 Å². The summed E-state index contributed by atoms with van der Waals surface area (Å²) in [7, 11) is 3.92. The summed E-state index contributed by atoms with van der Waals surface area (Å²) >= 11 is 0. The highest BCUT2D eigenvalue weighted by atomic mass is 127. The highest BCUT2D eigenvalue weighted by molar-refractivity contribution is 14.0. The molecule has 172 valence electrons. The van der Waals surface area contributed by atoms with E-state index in [0.717, 1.165) is 63.0 Å². The number of halogens is 1. The minimum Gasteiger partial charge on any atom is -0.493 e. The minimum atomic E-state index is 0. The molecule has 0 aliphatic carbocycles. The Kier molecular flexibility index (Phi) is 14.9. The zero-order valence-electron chi connectivity index (χ0n) is 18.9. The molecular formula is C22H40IN5O2. The third-order valence-electron chi connectivity index (χ3n) is 4.92. The van der Waals surface area contributed by atoms with Crippen molar-refractivity contribution in [2.75, 3.05) is 78.5 Å². The van der Waals surface area contributed by atoms with Gasteiger partial charge in [0.1, 0.15) is 5.75 Å². The second-order valence-electron chi connectivity index (χ2n) is 7.46. The van der Waals surface area contributed by atoms with Crippen LogP contribution >= 0.6 is 24.0 Å². The predicted molar refractivity (Wildman–Crippen MR) is 137 cm³/mol. The average molecular weight is 533 g/mol. The highest BCUT2D eigenvalue weighted by Gasteiger charge is 2.11. The van der Waals surface area contributed by atoms with Gasteiger partial charge < -0.3 is 29.9 Å². The summed E-state index contributed by atoms with van der Waals surface area (Å²) < 4.78 is 10.8. The van der Waals surface area contributed by atoms with Crippen LogP contribution in [0.15, 0.2) is 29.3 Å². The van der Waals surface area contributed by atoms with Gasteiger partial charge in [0.05, 0.1) is 6.61 Å². The Balaban J connectivity index is 0.00000450. The molecule has 0 unspecified atom stereocenters. The molecule has 0 bridgehead atoms. The number of benzene rings is 1. The lowest BCUT2D eigenvalue weighted by molar-refractivity contribution is 0.172. The van der Waals surface area contributed by atoms with Gasteiger partial charge in [-0.25, -0.2) is 0 Å². The summed E-state index contributed by atoms with van der Waals surface area (Å²) in [5.41, 5.74) is 0.976. The molecule has 1 aromatic rings. The Morgan fingerprint density at radius 2 is 2.00 bits per heavy atom. The van der Waals surface area contributed by atoms with Crippen molar-refractivity contribution in [2.24, 2.45) is 4.99 Å². The van der Waals surface area contributed by atoms with E-state index in [4.69, 9.17) is 14.5 Å². The largest absolute Gasteiger partial charge is 0.493 e. The topological polar surface area (TPSA) is 61.4 Å². The van der Waals surface area contributed by atoms with Crippen LogP contribution in [0.5, 0.6) is 5.75 Å². The second-order valence-corrected chi connectivity index (χ2v) is 7.46. The fraction of sp³-hybridized carbons (Fsp3) is 0.682. The summed E-state index contributed by atoms with van der Waals surface area (Å²) in [5, 5.41) is 6.72. The fourth-order valence-electron chi connectivity index (χ4n) is 3.31. The van der Waals surface area contributed by atoms with Crippen molar-refractivity contribution in [2.45, 2.75) is 26.2 Å². The Morgan fingerprint density at radius 1 is 1.13 bits per heavy atom. The van der Waals surface area contributed by atoms with Crippen LogP contribution in [0, 0.1) is 0 Å². The number of hydrogen-bond acceptors (Lipinski definition) is 5. The van der Waals surface area contributed by atoms with E-state index in [-0.39, 0.29) is 24.0 Å². The predicted octanol–water partition coefficient (Wildman–Crippen LogP) is 3.12. The number of guanidine groups is 1. The molecule has 0 saturated carbocycles. The quantitative estimate of drug-likeness (QED) is 0.197. The molecule has 0 spiro atoms. The smallest absolute Gasteiger partial charge is 0.195 e. The molecule has 1 aromatic carbocycles. The summed E-state index contributed by atoms with van der Waals surface area (Å²) in [6.45, 7) is 10.9. The number of aliphatic imine (C=N–C) groups is 1. The molecule has 0 atom stereocenters. The number of anilines is 1. The van der Waals surface area contributed by atoms with Crippen LogP contribution in [0.1, 0.15) is 26.2 Å². The SMILES string of the molecule is CCNC(=NCCCN1CCCN(C)CC1)Nc1cccc(OCCCOC)c1.I. The van der Waals surface area contributed by atoms with Crippen molar-refractivity contribution < 1.29 is 9.47 Å². The molecule has 2 rings (SSSR count). The van der Waals surface area contributed by atoms with Gasteiger partial charge in [-0.1, -0.05) is 6.07 Å². The number of likely N-dealkylation sites (N-methyl/N-ethyl adjacent to an activating group) is 1. The van der Waals surface area contributed by atoms with Gasteiger partial charge >= 0.3 is 0 Å². The first-order valence-electron chi connectivity index (χ1n) is 10.9. The summed E-state index contributed by atoms with van der Waals surface area (Å²) in [4.78, 5) is 9.72. The van der Waals surface area contributed by atoms with Gasteiger partial charge in [-0.05, 0) is 58.6 Å². The minimum absolute atomic E-state index is 0. The monoisotopic (exact) mass is 533 g/mol. The Labute approximate surface area is 199 Å². The van der Waals surface area contributed by atoms with Crippen LogP contribution in [0.2, 0.25) is 0 Å². The molecule has 1 fully saturated rings. The van der Waals surface area contributed by atoms with Crippen molar-refractivity contribution in [3.63, 3.8) is 0 Å². The first kappa shape index (κ1) is 26.9. The van der Waals surface area contributed by atoms with Crippen LogP contribution in [0.3, 0.4) is 0 Å².